The van der Waals surface area contributed by atoms with Crippen molar-refractivity contribution in [2.24, 2.45) is 5.10 Å². The minimum atomic E-state index is -0.930. The molecule has 1 N–H and O–H groups in total. The Hall–Kier alpha value is -4.14. The SMILES string of the molecule is CCCOc1ccc(-c2ccc(CN3Cc4[nH]c(-c5cccc(F)c5F)nc4C=N3)nn2)cc1. The van der Waals surface area contributed by atoms with Crippen molar-refractivity contribution in [3.05, 3.63) is 83.3 Å². The van der Waals surface area contributed by atoms with Crippen molar-refractivity contribution in [1.82, 2.24) is 25.2 Å². The van der Waals surface area contributed by atoms with Gasteiger partial charge in [0.05, 0.1) is 48.6 Å². The van der Waals surface area contributed by atoms with Gasteiger partial charge in [0.1, 0.15) is 17.3 Å². The third kappa shape index (κ3) is 4.50. The quantitative estimate of drug-likeness (QED) is 0.422. The molecule has 0 unspecified atom stereocenters. The lowest BCUT2D eigenvalue weighted by molar-refractivity contribution is 0.261. The van der Waals surface area contributed by atoms with Crippen LogP contribution in [0.3, 0.4) is 0 Å². The molecule has 3 heterocycles. The van der Waals surface area contributed by atoms with Crippen LogP contribution in [0.4, 0.5) is 8.78 Å². The number of hydrogen-bond donors (Lipinski definition) is 1. The van der Waals surface area contributed by atoms with Gasteiger partial charge < -0.3 is 9.72 Å². The van der Waals surface area contributed by atoms with Crippen molar-refractivity contribution in [3.63, 3.8) is 0 Å². The number of imidazole rings is 1. The molecule has 1 aliphatic rings. The number of nitrogens with one attached hydrogen (secondary N) is 1. The number of halogens is 2. The average molecular weight is 460 g/mol. The fraction of sp³-hybridized carbons (Fsp3) is 0.200. The highest BCUT2D eigenvalue weighted by Crippen LogP contribution is 2.25. The molecule has 7 nitrogen and oxygen atoms in total. The van der Waals surface area contributed by atoms with Crippen LogP contribution in [0.1, 0.15) is 30.4 Å². The van der Waals surface area contributed by atoms with Crippen LogP contribution in [0.15, 0.2) is 59.7 Å². The number of hydrogen-bond acceptors (Lipinski definition) is 6. The maximum absolute atomic E-state index is 14.1. The standard InChI is InChI=1S/C25H22F2N6O/c1-2-12-34-18-9-6-16(7-10-18)21-11-8-17(31-32-21)14-33-15-23-22(13-28-33)29-25(30-23)19-4-3-5-20(26)24(19)27/h3-11,13H,2,12,14-15H2,1H3,(H,29,30). The average Bonchev–Trinajstić information content (AvgIpc) is 3.28. The molecule has 2 aromatic carbocycles. The summed E-state index contributed by atoms with van der Waals surface area (Å²) >= 11 is 0. The van der Waals surface area contributed by atoms with Gasteiger partial charge in [-0.1, -0.05) is 13.0 Å². The van der Waals surface area contributed by atoms with Crippen LogP contribution < -0.4 is 4.74 Å². The van der Waals surface area contributed by atoms with E-state index in [-0.39, 0.29) is 11.4 Å². The number of rotatable bonds is 7. The number of fused-ring (bicyclic) bond motifs is 1. The van der Waals surface area contributed by atoms with E-state index in [1.54, 1.807) is 11.2 Å². The molecule has 4 aromatic rings. The van der Waals surface area contributed by atoms with Crippen molar-refractivity contribution in [1.29, 1.82) is 0 Å². The number of aromatic nitrogens is 4. The van der Waals surface area contributed by atoms with E-state index in [4.69, 9.17) is 4.74 Å². The van der Waals surface area contributed by atoms with E-state index in [0.717, 1.165) is 40.9 Å². The minimum Gasteiger partial charge on any atom is -0.494 e. The van der Waals surface area contributed by atoms with Crippen molar-refractivity contribution >= 4 is 6.21 Å². The number of nitrogens with zero attached hydrogens (tertiary/aromatic N) is 5. The van der Waals surface area contributed by atoms with E-state index in [0.29, 0.717) is 25.4 Å². The van der Waals surface area contributed by atoms with Crippen LogP contribution in [0, 0.1) is 11.6 Å². The first-order valence-corrected chi connectivity index (χ1v) is 11.0. The second kappa shape index (κ2) is 9.38. The minimum absolute atomic E-state index is 0.0840. The first kappa shape index (κ1) is 21.7. The Morgan fingerprint density at radius 2 is 1.88 bits per heavy atom. The molecule has 0 aliphatic carbocycles. The molecule has 9 heteroatoms. The van der Waals surface area contributed by atoms with Gasteiger partial charge in [-0.2, -0.15) is 15.3 Å². The van der Waals surface area contributed by atoms with Crippen LogP contribution in [-0.2, 0) is 13.1 Å². The van der Waals surface area contributed by atoms with E-state index >= 15 is 0 Å². The lowest BCUT2D eigenvalue weighted by Crippen LogP contribution is -2.22. The summed E-state index contributed by atoms with van der Waals surface area (Å²) in [6.07, 6.45) is 2.56. The number of benzene rings is 2. The van der Waals surface area contributed by atoms with Crippen LogP contribution >= 0.6 is 0 Å². The molecule has 0 bridgehead atoms. The molecule has 0 saturated carbocycles. The predicted octanol–water partition coefficient (Wildman–Crippen LogP) is 4.95. The molecular weight excluding hydrogens is 438 g/mol. The smallest absolute Gasteiger partial charge is 0.169 e. The summed E-state index contributed by atoms with van der Waals surface area (Å²) in [6, 6.07) is 15.6. The lowest BCUT2D eigenvalue weighted by Gasteiger charge is -2.20. The molecule has 0 amide bonds. The van der Waals surface area contributed by atoms with Crippen molar-refractivity contribution < 1.29 is 13.5 Å². The van der Waals surface area contributed by atoms with Crippen molar-refractivity contribution in [2.45, 2.75) is 26.4 Å². The van der Waals surface area contributed by atoms with Crippen molar-refractivity contribution in [3.8, 4) is 28.4 Å². The van der Waals surface area contributed by atoms with Gasteiger partial charge in [0.15, 0.2) is 11.6 Å². The lowest BCUT2D eigenvalue weighted by atomic mass is 10.1. The second-order valence-corrected chi connectivity index (χ2v) is 7.90. The summed E-state index contributed by atoms with van der Waals surface area (Å²) in [5.74, 6) is -0.740. The molecule has 2 aromatic heterocycles. The first-order valence-electron chi connectivity index (χ1n) is 11.0. The molecule has 0 saturated heterocycles. The van der Waals surface area contributed by atoms with Gasteiger partial charge >= 0.3 is 0 Å². The summed E-state index contributed by atoms with van der Waals surface area (Å²) in [4.78, 5) is 7.44. The van der Waals surface area contributed by atoms with Gasteiger partial charge in [-0.05, 0) is 55.0 Å². The molecule has 0 fully saturated rings. The molecule has 1 aliphatic heterocycles. The molecule has 34 heavy (non-hydrogen) atoms. The molecule has 0 radical (unpaired) electrons. The summed E-state index contributed by atoms with van der Waals surface area (Å²) < 4.78 is 33.3. The molecule has 0 spiro atoms. The largest absolute Gasteiger partial charge is 0.494 e. The van der Waals surface area contributed by atoms with Gasteiger partial charge in [0.2, 0.25) is 0 Å². The van der Waals surface area contributed by atoms with Crippen LogP contribution in [-0.4, -0.2) is 38.0 Å². The third-order valence-electron chi connectivity index (χ3n) is 5.39. The Labute approximate surface area is 195 Å². The highest BCUT2D eigenvalue weighted by molar-refractivity contribution is 5.80. The Balaban J connectivity index is 1.25. The Kier molecular flexibility index (Phi) is 5.99. The predicted molar refractivity (Wildman–Crippen MR) is 124 cm³/mol. The maximum atomic E-state index is 14.1. The molecule has 5 rings (SSSR count). The van der Waals surface area contributed by atoms with Gasteiger partial charge in [-0.3, -0.25) is 5.01 Å². The number of ether oxygens (including phenoxy) is 1. The molecule has 172 valence electrons. The normalized spacial score (nSPS) is 12.6. The summed E-state index contributed by atoms with van der Waals surface area (Å²) in [5.41, 5.74) is 3.93. The highest BCUT2D eigenvalue weighted by atomic mass is 19.2. The van der Waals surface area contributed by atoms with Crippen molar-refractivity contribution in [2.75, 3.05) is 6.61 Å². The molecule has 0 atom stereocenters. The van der Waals surface area contributed by atoms with Crippen LogP contribution in [0.25, 0.3) is 22.6 Å². The van der Waals surface area contributed by atoms with Crippen LogP contribution in [0.5, 0.6) is 5.75 Å². The topological polar surface area (TPSA) is 79.3 Å². The Bertz CT molecular complexity index is 1320. The molecular formula is C25H22F2N6O. The van der Waals surface area contributed by atoms with E-state index in [9.17, 15) is 8.78 Å². The van der Waals surface area contributed by atoms with E-state index in [1.807, 2.05) is 36.4 Å². The van der Waals surface area contributed by atoms with E-state index in [1.165, 1.54) is 12.1 Å². The zero-order valence-electron chi connectivity index (χ0n) is 18.5. The zero-order chi connectivity index (χ0) is 23.5. The first-order chi connectivity index (χ1) is 16.6. The van der Waals surface area contributed by atoms with Gasteiger partial charge in [-0.25, -0.2) is 13.8 Å². The maximum Gasteiger partial charge on any atom is 0.169 e. The second-order valence-electron chi connectivity index (χ2n) is 7.90. The number of aromatic amines is 1. The van der Waals surface area contributed by atoms with Crippen LogP contribution in [0.2, 0.25) is 0 Å². The van der Waals surface area contributed by atoms with Gasteiger partial charge in [0, 0.05) is 5.56 Å². The third-order valence-corrected chi connectivity index (χ3v) is 5.39. The van der Waals surface area contributed by atoms with Gasteiger partial charge in [0.25, 0.3) is 0 Å². The number of H-pyrrole nitrogens is 1. The fourth-order valence-electron chi connectivity index (χ4n) is 3.65. The monoisotopic (exact) mass is 460 g/mol. The Morgan fingerprint density at radius 1 is 1.03 bits per heavy atom. The number of hydrazone groups is 1. The van der Waals surface area contributed by atoms with E-state index < -0.39 is 11.6 Å². The summed E-state index contributed by atoms with van der Waals surface area (Å²) in [7, 11) is 0. The summed E-state index contributed by atoms with van der Waals surface area (Å²) in [5, 5.41) is 14.9. The zero-order valence-corrected chi connectivity index (χ0v) is 18.5. The highest BCUT2D eigenvalue weighted by Gasteiger charge is 2.20. The summed E-state index contributed by atoms with van der Waals surface area (Å²) in [6.45, 7) is 3.63. The van der Waals surface area contributed by atoms with Gasteiger partial charge in [-0.15, -0.1) is 0 Å². The van der Waals surface area contributed by atoms with E-state index in [2.05, 4.69) is 32.2 Å². The Morgan fingerprint density at radius 3 is 2.65 bits per heavy atom. The fourth-order valence-corrected chi connectivity index (χ4v) is 3.65.